The third-order valence-corrected chi connectivity index (χ3v) is 3.85. The molecule has 1 saturated heterocycles. The molecule has 0 aromatic carbocycles. The standard InChI is InChI=1S/C16H32N2O2/c1-3-4-13-20-14-9-10-17-15(2)16(19)18-11-7-5-6-8-12-18/h15,17H,3-14H2,1-2H3. The second-order valence-corrected chi connectivity index (χ2v) is 5.73. The van der Waals surface area contributed by atoms with E-state index in [9.17, 15) is 4.79 Å². The second kappa shape index (κ2) is 11.1. The van der Waals surface area contributed by atoms with E-state index in [-0.39, 0.29) is 11.9 Å². The molecule has 0 saturated carbocycles. The molecule has 1 unspecified atom stereocenters. The summed E-state index contributed by atoms with van der Waals surface area (Å²) in [5.41, 5.74) is 0. The summed E-state index contributed by atoms with van der Waals surface area (Å²) in [6.45, 7) is 8.52. The lowest BCUT2D eigenvalue weighted by molar-refractivity contribution is -0.133. The lowest BCUT2D eigenvalue weighted by Gasteiger charge is -2.24. The van der Waals surface area contributed by atoms with Gasteiger partial charge >= 0.3 is 0 Å². The van der Waals surface area contributed by atoms with Crippen LogP contribution in [0.3, 0.4) is 0 Å². The number of ether oxygens (including phenoxy) is 1. The molecule has 0 bridgehead atoms. The van der Waals surface area contributed by atoms with Gasteiger partial charge in [0.25, 0.3) is 0 Å². The van der Waals surface area contributed by atoms with Crippen LogP contribution in [0.5, 0.6) is 0 Å². The molecule has 0 aromatic heterocycles. The Hall–Kier alpha value is -0.610. The van der Waals surface area contributed by atoms with Crippen LogP contribution in [0.2, 0.25) is 0 Å². The number of likely N-dealkylation sites (tertiary alicyclic amines) is 1. The first-order valence-electron chi connectivity index (χ1n) is 8.35. The number of hydrogen-bond donors (Lipinski definition) is 1. The average Bonchev–Trinajstić information content (AvgIpc) is 2.74. The van der Waals surface area contributed by atoms with Gasteiger partial charge in [0.05, 0.1) is 6.04 Å². The van der Waals surface area contributed by atoms with Crippen molar-refractivity contribution in [2.45, 2.75) is 64.8 Å². The molecule has 4 nitrogen and oxygen atoms in total. The first kappa shape index (κ1) is 17.4. The Bertz CT molecular complexity index is 251. The van der Waals surface area contributed by atoms with Crippen molar-refractivity contribution >= 4 is 5.91 Å². The van der Waals surface area contributed by atoms with Crippen LogP contribution in [-0.2, 0) is 9.53 Å². The van der Waals surface area contributed by atoms with E-state index >= 15 is 0 Å². The van der Waals surface area contributed by atoms with E-state index in [4.69, 9.17) is 4.74 Å². The van der Waals surface area contributed by atoms with Crippen LogP contribution in [0.25, 0.3) is 0 Å². The molecule has 1 atom stereocenters. The fourth-order valence-electron chi connectivity index (χ4n) is 2.49. The van der Waals surface area contributed by atoms with Crippen molar-refractivity contribution in [3.05, 3.63) is 0 Å². The van der Waals surface area contributed by atoms with Crippen molar-refractivity contribution in [1.29, 1.82) is 0 Å². The molecule has 0 radical (unpaired) electrons. The highest BCUT2D eigenvalue weighted by Crippen LogP contribution is 2.10. The van der Waals surface area contributed by atoms with Crippen LogP contribution in [0.15, 0.2) is 0 Å². The molecule has 1 heterocycles. The van der Waals surface area contributed by atoms with Gasteiger partial charge in [-0.05, 0) is 39.2 Å². The Kier molecular flexibility index (Phi) is 9.67. The van der Waals surface area contributed by atoms with Gasteiger partial charge in [-0.3, -0.25) is 4.79 Å². The van der Waals surface area contributed by atoms with E-state index in [1.165, 1.54) is 19.3 Å². The summed E-state index contributed by atoms with van der Waals surface area (Å²) in [7, 11) is 0. The van der Waals surface area contributed by atoms with E-state index in [0.29, 0.717) is 0 Å². The summed E-state index contributed by atoms with van der Waals surface area (Å²) in [6.07, 6.45) is 8.13. The minimum atomic E-state index is -0.0660. The Balaban J connectivity index is 2.08. The number of nitrogens with zero attached hydrogens (tertiary/aromatic N) is 1. The van der Waals surface area contributed by atoms with Crippen molar-refractivity contribution in [3.8, 4) is 0 Å². The van der Waals surface area contributed by atoms with Gasteiger partial charge in [-0.1, -0.05) is 26.2 Å². The number of amides is 1. The molecule has 4 heteroatoms. The predicted molar refractivity (Wildman–Crippen MR) is 82.9 cm³/mol. The van der Waals surface area contributed by atoms with Gasteiger partial charge in [0.2, 0.25) is 5.91 Å². The maximum absolute atomic E-state index is 12.3. The fraction of sp³-hybridized carbons (Fsp3) is 0.938. The molecule has 1 rings (SSSR count). The molecule has 1 aliphatic heterocycles. The number of unbranched alkanes of at least 4 members (excludes halogenated alkanes) is 1. The normalized spacial score (nSPS) is 17.8. The zero-order chi connectivity index (χ0) is 14.6. The number of nitrogens with one attached hydrogen (secondary N) is 1. The number of carbonyl (C=O) groups excluding carboxylic acids is 1. The topological polar surface area (TPSA) is 41.6 Å². The Morgan fingerprint density at radius 2 is 1.80 bits per heavy atom. The lowest BCUT2D eigenvalue weighted by Crippen LogP contribution is -2.45. The van der Waals surface area contributed by atoms with Crippen LogP contribution >= 0.6 is 0 Å². The zero-order valence-electron chi connectivity index (χ0n) is 13.3. The largest absolute Gasteiger partial charge is 0.381 e. The number of hydrogen-bond acceptors (Lipinski definition) is 3. The zero-order valence-corrected chi connectivity index (χ0v) is 13.3. The van der Waals surface area contributed by atoms with Crippen LogP contribution in [-0.4, -0.2) is 49.7 Å². The molecule has 0 aliphatic carbocycles. The van der Waals surface area contributed by atoms with Crippen LogP contribution in [0.1, 0.15) is 58.8 Å². The molecule has 0 aromatic rings. The summed E-state index contributed by atoms with van der Waals surface area (Å²) in [5.74, 6) is 0.263. The maximum atomic E-state index is 12.3. The number of carbonyl (C=O) groups is 1. The summed E-state index contributed by atoms with van der Waals surface area (Å²) >= 11 is 0. The predicted octanol–water partition coefficient (Wildman–Crippen LogP) is 2.57. The van der Waals surface area contributed by atoms with Crippen LogP contribution < -0.4 is 5.32 Å². The minimum absolute atomic E-state index is 0.0660. The van der Waals surface area contributed by atoms with Gasteiger partial charge < -0.3 is 15.0 Å². The summed E-state index contributed by atoms with van der Waals surface area (Å²) < 4.78 is 5.51. The molecule has 1 amide bonds. The summed E-state index contributed by atoms with van der Waals surface area (Å²) in [4.78, 5) is 14.3. The van der Waals surface area contributed by atoms with Crippen LogP contribution in [0.4, 0.5) is 0 Å². The maximum Gasteiger partial charge on any atom is 0.239 e. The van der Waals surface area contributed by atoms with E-state index < -0.39 is 0 Å². The van der Waals surface area contributed by atoms with E-state index in [1.54, 1.807) is 0 Å². The summed E-state index contributed by atoms with van der Waals surface area (Å²) in [6, 6.07) is -0.0660. The van der Waals surface area contributed by atoms with Gasteiger partial charge in [-0.2, -0.15) is 0 Å². The molecule has 0 spiro atoms. The van der Waals surface area contributed by atoms with Gasteiger partial charge in [0.15, 0.2) is 0 Å². The van der Waals surface area contributed by atoms with Gasteiger partial charge in [0, 0.05) is 26.3 Å². The van der Waals surface area contributed by atoms with Crippen molar-refractivity contribution in [1.82, 2.24) is 10.2 Å². The van der Waals surface area contributed by atoms with Gasteiger partial charge in [-0.15, -0.1) is 0 Å². The molecule has 20 heavy (non-hydrogen) atoms. The third-order valence-electron chi connectivity index (χ3n) is 3.85. The molecule has 118 valence electrons. The highest BCUT2D eigenvalue weighted by molar-refractivity contribution is 5.81. The molecular weight excluding hydrogens is 252 g/mol. The summed E-state index contributed by atoms with van der Waals surface area (Å²) in [5, 5.41) is 3.32. The SMILES string of the molecule is CCCCOCCCNC(C)C(=O)N1CCCCCC1. The van der Waals surface area contributed by atoms with Crippen LogP contribution in [0, 0.1) is 0 Å². The van der Waals surface area contributed by atoms with E-state index in [2.05, 4.69) is 12.2 Å². The third kappa shape index (κ3) is 7.25. The molecule has 1 fully saturated rings. The molecular formula is C16H32N2O2. The lowest BCUT2D eigenvalue weighted by atomic mass is 10.2. The fourth-order valence-corrected chi connectivity index (χ4v) is 2.49. The minimum Gasteiger partial charge on any atom is -0.381 e. The van der Waals surface area contributed by atoms with Crippen molar-refractivity contribution in [3.63, 3.8) is 0 Å². The highest BCUT2D eigenvalue weighted by atomic mass is 16.5. The van der Waals surface area contributed by atoms with Gasteiger partial charge in [-0.25, -0.2) is 0 Å². The number of rotatable bonds is 9. The molecule has 1 aliphatic rings. The average molecular weight is 284 g/mol. The van der Waals surface area contributed by atoms with E-state index in [0.717, 1.165) is 58.5 Å². The van der Waals surface area contributed by atoms with Crippen molar-refractivity contribution < 1.29 is 9.53 Å². The quantitative estimate of drug-likeness (QED) is 0.662. The second-order valence-electron chi connectivity index (χ2n) is 5.73. The van der Waals surface area contributed by atoms with Crippen molar-refractivity contribution in [2.75, 3.05) is 32.8 Å². The Morgan fingerprint density at radius 3 is 2.45 bits per heavy atom. The van der Waals surface area contributed by atoms with Gasteiger partial charge in [0.1, 0.15) is 0 Å². The first-order valence-corrected chi connectivity index (χ1v) is 8.35. The monoisotopic (exact) mass is 284 g/mol. The smallest absolute Gasteiger partial charge is 0.239 e. The Labute approximate surface area is 124 Å². The highest BCUT2D eigenvalue weighted by Gasteiger charge is 2.20. The first-order chi connectivity index (χ1) is 9.75. The van der Waals surface area contributed by atoms with E-state index in [1.807, 2.05) is 11.8 Å². The van der Waals surface area contributed by atoms with Crippen molar-refractivity contribution in [2.24, 2.45) is 0 Å². The molecule has 1 N–H and O–H groups in total. The Morgan fingerprint density at radius 1 is 1.15 bits per heavy atom.